The number of rotatable bonds is 3. The van der Waals surface area contributed by atoms with Gasteiger partial charge < -0.3 is 9.47 Å². The quantitative estimate of drug-likeness (QED) is 0.752. The van der Waals surface area contributed by atoms with E-state index in [1.807, 2.05) is 7.11 Å². The van der Waals surface area contributed by atoms with Crippen LogP contribution in [0.2, 0.25) is 0 Å². The van der Waals surface area contributed by atoms with Gasteiger partial charge in [0.05, 0.1) is 12.2 Å². The van der Waals surface area contributed by atoms with Gasteiger partial charge in [-0.1, -0.05) is 12.8 Å². The van der Waals surface area contributed by atoms with Crippen molar-refractivity contribution in [2.45, 2.75) is 44.1 Å². The van der Waals surface area contributed by atoms with Gasteiger partial charge in [-0.2, -0.15) is 0 Å². The summed E-state index contributed by atoms with van der Waals surface area (Å²) < 4.78 is 11.4. The monoisotopic (exact) mass is 239 g/mol. The van der Waals surface area contributed by atoms with E-state index in [0.717, 1.165) is 19.8 Å². The Kier molecular flexibility index (Phi) is 3.18. The number of hydrogen-bond donors (Lipinski definition) is 0. The Morgan fingerprint density at radius 2 is 2.00 bits per heavy atom. The predicted octanol–water partition coefficient (Wildman–Crippen LogP) is 2.06. The fourth-order valence-corrected chi connectivity index (χ4v) is 3.99. The third-order valence-corrected chi connectivity index (χ3v) is 5.16. The van der Waals surface area contributed by atoms with Crippen LogP contribution in [0.4, 0.5) is 0 Å². The molecule has 3 fully saturated rings. The number of hydrogen-bond acceptors (Lipinski definition) is 3. The molecule has 1 atom stereocenters. The Bertz CT molecular complexity index is 267. The fraction of sp³-hybridized carbons (Fsp3) is 1.00. The molecular weight excluding hydrogens is 214 g/mol. The summed E-state index contributed by atoms with van der Waals surface area (Å²) in [6.07, 6.45) is 7.79. The van der Waals surface area contributed by atoms with Crippen LogP contribution in [-0.4, -0.2) is 50.5 Å². The summed E-state index contributed by atoms with van der Waals surface area (Å²) >= 11 is 0. The molecule has 0 aromatic carbocycles. The van der Waals surface area contributed by atoms with Crippen LogP contribution in [0.5, 0.6) is 0 Å². The lowest BCUT2D eigenvalue weighted by Crippen LogP contribution is -2.42. The third-order valence-electron chi connectivity index (χ3n) is 5.16. The number of methoxy groups -OCH3 is 1. The molecule has 2 saturated heterocycles. The Balaban J connectivity index is 1.59. The summed E-state index contributed by atoms with van der Waals surface area (Å²) in [5.41, 5.74) is 0.665. The summed E-state index contributed by atoms with van der Waals surface area (Å²) in [5, 5.41) is 0. The maximum atomic E-state index is 5.84. The molecule has 0 bridgehead atoms. The molecule has 0 N–H and O–H groups in total. The molecule has 1 spiro atoms. The normalized spacial score (nSPS) is 37.2. The van der Waals surface area contributed by atoms with Gasteiger partial charge in [0, 0.05) is 32.2 Å². The van der Waals surface area contributed by atoms with E-state index in [4.69, 9.17) is 9.47 Å². The highest BCUT2D eigenvalue weighted by Gasteiger charge is 2.44. The van der Waals surface area contributed by atoms with Gasteiger partial charge in [-0.3, -0.25) is 4.90 Å². The standard InChI is InChI=1S/C14H25NO2/c1-16-14(4-2-3-5-14)11-15-8-6-13(10-15)7-9-17-12-13/h2-12H2,1H3. The molecule has 3 heteroatoms. The first-order valence-corrected chi connectivity index (χ1v) is 7.11. The van der Waals surface area contributed by atoms with Crippen molar-refractivity contribution in [2.24, 2.45) is 5.41 Å². The first-order valence-electron chi connectivity index (χ1n) is 7.11. The van der Waals surface area contributed by atoms with Gasteiger partial charge >= 0.3 is 0 Å². The molecule has 98 valence electrons. The molecule has 0 radical (unpaired) electrons. The van der Waals surface area contributed by atoms with E-state index in [1.54, 1.807) is 0 Å². The Labute approximate surface area is 104 Å². The lowest BCUT2D eigenvalue weighted by Gasteiger charge is -2.33. The summed E-state index contributed by atoms with van der Waals surface area (Å²) in [5.74, 6) is 0. The van der Waals surface area contributed by atoms with E-state index in [-0.39, 0.29) is 5.60 Å². The lowest BCUT2D eigenvalue weighted by atomic mass is 9.87. The van der Waals surface area contributed by atoms with Crippen LogP contribution in [0.25, 0.3) is 0 Å². The van der Waals surface area contributed by atoms with Crippen molar-refractivity contribution < 1.29 is 9.47 Å². The molecule has 0 amide bonds. The first kappa shape index (κ1) is 11.9. The van der Waals surface area contributed by atoms with Crippen LogP contribution in [0, 0.1) is 5.41 Å². The zero-order valence-corrected chi connectivity index (χ0v) is 11.0. The largest absolute Gasteiger partial charge is 0.381 e. The van der Waals surface area contributed by atoms with Crippen LogP contribution in [0.1, 0.15) is 38.5 Å². The Morgan fingerprint density at radius 3 is 2.65 bits per heavy atom. The molecule has 1 saturated carbocycles. The zero-order chi connectivity index (χ0) is 11.8. The van der Waals surface area contributed by atoms with E-state index in [9.17, 15) is 0 Å². The second-order valence-corrected chi connectivity index (χ2v) is 6.36. The average molecular weight is 239 g/mol. The number of likely N-dealkylation sites (tertiary alicyclic amines) is 1. The number of nitrogens with zero attached hydrogens (tertiary/aromatic N) is 1. The number of ether oxygens (including phenoxy) is 2. The molecule has 0 aromatic rings. The van der Waals surface area contributed by atoms with Gasteiger partial charge in [0.15, 0.2) is 0 Å². The van der Waals surface area contributed by atoms with E-state index in [2.05, 4.69) is 4.90 Å². The van der Waals surface area contributed by atoms with E-state index in [0.29, 0.717) is 5.41 Å². The summed E-state index contributed by atoms with van der Waals surface area (Å²) in [4.78, 5) is 2.63. The summed E-state index contributed by atoms with van der Waals surface area (Å²) in [6, 6.07) is 0. The third kappa shape index (κ3) is 2.25. The highest BCUT2D eigenvalue weighted by atomic mass is 16.5. The smallest absolute Gasteiger partial charge is 0.0805 e. The Morgan fingerprint density at radius 1 is 1.18 bits per heavy atom. The second kappa shape index (κ2) is 4.52. The van der Waals surface area contributed by atoms with Crippen LogP contribution in [0.3, 0.4) is 0 Å². The minimum atomic E-state index is 0.172. The molecule has 2 heterocycles. The van der Waals surface area contributed by atoms with Crippen LogP contribution in [-0.2, 0) is 9.47 Å². The fourth-order valence-electron chi connectivity index (χ4n) is 3.99. The molecular formula is C14H25NO2. The van der Waals surface area contributed by atoms with Crippen molar-refractivity contribution in [1.82, 2.24) is 4.90 Å². The van der Waals surface area contributed by atoms with Crippen LogP contribution in [0.15, 0.2) is 0 Å². The predicted molar refractivity (Wildman–Crippen MR) is 67.1 cm³/mol. The van der Waals surface area contributed by atoms with Crippen molar-refractivity contribution in [1.29, 1.82) is 0 Å². The zero-order valence-electron chi connectivity index (χ0n) is 11.0. The summed E-state index contributed by atoms with van der Waals surface area (Å²) in [7, 11) is 1.90. The van der Waals surface area contributed by atoms with Crippen LogP contribution < -0.4 is 0 Å². The topological polar surface area (TPSA) is 21.7 Å². The molecule has 0 aromatic heterocycles. The van der Waals surface area contributed by atoms with Crippen LogP contribution >= 0.6 is 0 Å². The SMILES string of the molecule is COC1(CN2CCC3(CCOC3)C2)CCCC1. The van der Waals surface area contributed by atoms with E-state index < -0.39 is 0 Å². The minimum Gasteiger partial charge on any atom is -0.381 e. The highest BCUT2D eigenvalue weighted by molar-refractivity contribution is 4.96. The second-order valence-electron chi connectivity index (χ2n) is 6.36. The maximum Gasteiger partial charge on any atom is 0.0805 e. The Hall–Kier alpha value is -0.120. The molecule has 3 nitrogen and oxygen atoms in total. The van der Waals surface area contributed by atoms with Gasteiger partial charge in [-0.15, -0.1) is 0 Å². The average Bonchev–Trinajstić information content (AvgIpc) is 3.04. The maximum absolute atomic E-state index is 5.84. The van der Waals surface area contributed by atoms with Crippen molar-refractivity contribution in [3.8, 4) is 0 Å². The van der Waals surface area contributed by atoms with Gasteiger partial charge in [-0.05, 0) is 32.2 Å². The summed E-state index contributed by atoms with van der Waals surface area (Å²) in [6.45, 7) is 5.59. The minimum absolute atomic E-state index is 0.172. The van der Waals surface area contributed by atoms with Crippen molar-refractivity contribution in [2.75, 3.05) is 40.0 Å². The van der Waals surface area contributed by atoms with Gasteiger partial charge in [0.25, 0.3) is 0 Å². The molecule has 3 rings (SSSR count). The van der Waals surface area contributed by atoms with Crippen molar-refractivity contribution >= 4 is 0 Å². The van der Waals surface area contributed by atoms with Crippen molar-refractivity contribution in [3.63, 3.8) is 0 Å². The molecule has 3 aliphatic rings. The molecule has 17 heavy (non-hydrogen) atoms. The van der Waals surface area contributed by atoms with E-state index in [1.165, 1.54) is 51.6 Å². The van der Waals surface area contributed by atoms with E-state index >= 15 is 0 Å². The molecule has 1 unspecified atom stereocenters. The van der Waals surface area contributed by atoms with Gasteiger partial charge in [0.1, 0.15) is 0 Å². The highest BCUT2D eigenvalue weighted by Crippen LogP contribution is 2.40. The lowest BCUT2D eigenvalue weighted by molar-refractivity contribution is -0.0290. The van der Waals surface area contributed by atoms with Gasteiger partial charge in [-0.25, -0.2) is 0 Å². The van der Waals surface area contributed by atoms with Crippen molar-refractivity contribution in [3.05, 3.63) is 0 Å². The molecule has 2 aliphatic heterocycles. The first-order chi connectivity index (χ1) is 8.26. The van der Waals surface area contributed by atoms with Gasteiger partial charge in [0.2, 0.25) is 0 Å². The molecule has 1 aliphatic carbocycles.